The van der Waals surface area contributed by atoms with E-state index < -0.39 is 0 Å². The predicted octanol–water partition coefficient (Wildman–Crippen LogP) is 2.20. The van der Waals surface area contributed by atoms with Gasteiger partial charge >= 0.3 is 6.09 Å². The number of benzene rings is 1. The van der Waals surface area contributed by atoms with Gasteiger partial charge in [0.25, 0.3) is 0 Å². The summed E-state index contributed by atoms with van der Waals surface area (Å²) in [6, 6.07) is 9.93. The van der Waals surface area contributed by atoms with Gasteiger partial charge in [0.2, 0.25) is 0 Å². The fraction of sp³-hybridized carbons (Fsp3) is 0.250. The molecule has 2 atom stereocenters. The van der Waals surface area contributed by atoms with E-state index in [0.29, 0.717) is 0 Å². The number of hydrogen-bond donors (Lipinski definition) is 1. The fourth-order valence-electron chi connectivity index (χ4n) is 1.51. The first-order valence-corrected chi connectivity index (χ1v) is 4.96. The SMILES string of the molecule is C[C@@H]1OC(=O)N[C@@H]1/C=C/c1ccccc1. The first-order chi connectivity index (χ1) is 7.25. The number of carbonyl (C=O) groups excluding carboxylic acids is 1. The fourth-order valence-corrected chi connectivity index (χ4v) is 1.51. The summed E-state index contributed by atoms with van der Waals surface area (Å²) >= 11 is 0. The third-order valence-electron chi connectivity index (χ3n) is 2.38. The number of ether oxygens (including phenoxy) is 1. The van der Waals surface area contributed by atoms with Crippen molar-refractivity contribution in [3.63, 3.8) is 0 Å². The molecule has 1 aromatic rings. The van der Waals surface area contributed by atoms with E-state index in [1.165, 1.54) is 0 Å². The smallest absolute Gasteiger partial charge is 0.408 e. The second kappa shape index (κ2) is 4.17. The number of rotatable bonds is 2. The Kier molecular flexibility index (Phi) is 2.72. The Morgan fingerprint density at radius 3 is 2.67 bits per heavy atom. The maximum Gasteiger partial charge on any atom is 0.408 e. The van der Waals surface area contributed by atoms with Crippen LogP contribution in [0.5, 0.6) is 0 Å². The second-order valence-electron chi connectivity index (χ2n) is 3.55. The Hall–Kier alpha value is -1.77. The summed E-state index contributed by atoms with van der Waals surface area (Å²) in [6.45, 7) is 1.87. The Balaban J connectivity index is 2.03. The molecule has 1 fully saturated rings. The van der Waals surface area contributed by atoms with Gasteiger partial charge in [-0.05, 0) is 12.5 Å². The first-order valence-electron chi connectivity index (χ1n) is 4.96. The molecule has 1 N–H and O–H groups in total. The standard InChI is InChI=1S/C12H13NO2/c1-9-11(13-12(14)15-9)8-7-10-5-3-2-4-6-10/h2-9,11H,1H3,(H,13,14)/b8-7+/t9-,11+/m0/s1. The summed E-state index contributed by atoms with van der Waals surface area (Å²) in [5.41, 5.74) is 1.12. The minimum absolute atomic E-state index is 0.0299. The zero-order valence-electron chi connectivity index (χ0n) is 8.51. The molecule has 1 aromatic carbocycles. The van der Waals surface area contributed by atoms with Crippen molar-refractivity contribution in [2.45, 2.75) is 19.1 Å². The minimum Gasteiger partial charge on any atom is -0.444 e. The third kappa shape index (κ3) is 2.37. The van der Waals surface area contributed by atoms with Gasteiger partial charge < -0.3 is 10.1 Å². The van der Waals surface area contributed by atoms with E-state index in [-0.39, 0.29) is 18.2 Å². The molecule has 0 radical (unpaired) electrons. The van der Waals surface area contributed by atoms with Crippen LogP contribution in [0.3, 0.4) is 0 Å². The molecule has 15 heavy (non-hydrogen) atoms. The molecular formula is C12H13NO2. The highest BCUT2D eigenvalue weighted by Crippen LogP contribution is 2.11. The molecule has 0 aromatic heterocycles. The number of amides is 1. The highest BCUT2D eigenvalue weighted by atomic mass is 16.6. The molecule has 1 heterocycles. The van der Waals surface area contributed by atoms with Crippen molar-refractivity contribution in [1.82, 2.24) is 5.32 Å². The molecule has 0 spiro atoms. The second-order valence-corrected chi connectivity index (χ2v) is 3.55. The minimum atomic E-state index is -0.342. The molecule has 0 saturated carbocycles. The Morgan fingerprint density at radius 1 is 1.33 bits per heavy atom. The van der Waals surface area contributed by atoms with Crippen molar-refractivity contribution >= 4 is 12.2 Å². The van der Waals surface area contributed by atoms with Gasteiger partial charge in [-0.1, -0.05) is 42.5 Å². The van der Waals surface area contributed by atoms with Crippen LogP contribution in [-0.2, 0) is 4.74 Å². The normalized spacial score (nSPS) is 25.3. The maximum atomic E-state index is 10.9. The lowest BCUT2D eigenvalue weighted by atomic mass is 10.1. The molecule has 1 aliphatic rings. The molecule has 1 amide bonds. The number of cyclic esters (lactones) is 1. The van der Waals surface area contributed by atoms with E-state index in [4.69, 9.17) is 4.74 Å². The van der Waals surface area contributed by atoms with Crippen LogP contribution in [0.1, 0.15) is 12.5 Å². The van der Waals surface area contributed by atoms with Crippen LogP contribution < -0.4 is 5.32 Å². The van der Waals surface area contributed by atoms with Gasteiger partial charge in [-0.25, -0.2) is 4.79 Å². The molecule has 3 nitrogen and oxygen atoms in total. The van der Waals surface area contributed by atoms with Crippen LogP contribution in [0.15, 0.2) is 36.4 Å². The molecule has 1 aliphatic heterocycles. The van der Waals surface area contributed by atoms with Gasteiger partial charge in [0.05, 0.1) is 6.04 Å². The van der Waals surface area contributed by atoms with Crippen molar-refractivity contribution in [1.29, 1.82) is 0 Å². The number of carbonyl (C=O) groups is 1. The van der Waals surface area contributed by atoms with Crippen molar-refractivity contribution in [3.8, 4) is 0 Å². The molecular weight excluding hydrogens is 190 g/mol. The molecule has 0 bridgehead atoms. The largest absolute Gasteiger partial charge is 0.444 e. The Morgan fingerprint density at radius 2 is 2.07 bits per heavy atom. The van der Waals surface area contributed by atoms with Crippen LogP contribution in [0.4, 0.5) is 4.79 Å². The third-order valence-corrected chi connectivity index (χ3v) is 2.38. The van der Waals surface area contributed by atoms with Crippen molar-refractivity contribution < 1.29 is 9.53 Å². The van der Waals surface area contributed by atoms with Crippen LogP contribution in [0.2, 0.25) is 0 Å². The summed E-state index contributed by atoms with van der Waals surface area (Å²) in [5.74, 6) is 0. The topological polar surface area (TPSA) is 38.3 Å². The number of nitrogens with one attached hydrogen (secondary N) is 1. The lowest BCUT2D eigenvalue weighted by Crippen LogP contribution is -2.27. The molecule has 3 heteroatoms. The average molecular weight is 203 g/mol. The van der Waals surface area contributed by atoms with Gasteiger partial charge in [-0.3, -0.25) is 0 Å². The summed E-state index contributed by atoms with van der Waals surface area (Å²) in [6.07, 6.45) is 3.49. The predicted molar refractivity (Wildman–Crippen MR) is 58.3 cm³/mol. The first kappa shape index (κ1) is 9.77. The molecule has 0 unspecified atom stereocenters. The van der Waals surface area contributed by atoms with Gasteiger partial charge in [0.1, 0.15) is 6.10 Å². The lowest BCUT2D eigenvalue weighted by Gasteiger charge is -2.06. The zero-order chi connectivity index (χ0) is 10.7. The number of alkyl carbamates (subject to hydrolysis) is 1. The van der Waals surface area contributed by atoms with E-state index in [2.05, 4.69) is 5.32 Å². The molecule has 2 rings (SSSR count). The molecule has 1 saturated heterocycles. The Bertz CT molecular complexity index is 372. The summed E-state index contributed by atoms with van der Waals surface area (Å²) < 4.78 is 4.96. The van der Waals surface area contributed by atoms with Gasteiger partial charge in [-0.2, -0.15) is 0 Å². The highest BCUT2D eigenvalue weighted by Gasteiger charge is 2.27. The summed E-state index contributed by atoms with van der Waals surface area (Å²) in [7, 11) is 0. The van der Waals surface area contributed by atoms with E-state index >= 15 is 0 Å². The van der Waals surface area contributed by atoms with Crippen LogP contribution in [-0.4, -0.2) is 18.2 Å². The average Bonchev–Trinajstić information content (AvgIpc) is 2.56. The molecule has 78 valence electrons. The van der Waals surface area contributed by atoms with E-state index in [1.807, 2.05) is 49.4 Å². The monoisotopic (exact) mass is 203 g/mol. The quantitative estimate of drug-likeness (QED) is 0.800. The van der Waals surface area contributed by atoms with Crippen LogP contribution in [0.25, 0.3) is 6.08 Å². The van der Waals surface area contributed by atoms with Crippen molar-refractivity contribution in [2.75, 3.05) is 0 Å². The van der Waals surface area contributed by atoms with Gasteiger partial charge in [0.15, 0.2) is 0 Å². The van der Waals surface area contributed by atoms with Crippen LogP contribution >= 0.6 is 0 Å². The van der Waals surface area contributed by atoms with Crippen LogP contribution in [0, 0.1) is 0 Å². The highest BCUT2D eigenvalue weighted by molar-refractivity contribution is 5.71. The maximum absolute atomic E-state index is 10.9. The van der Waals surface area contributed by atoms with Gasteiger partial charge in [-0.15, -0.1) is 0 Å². The Labute approximate surface area is 88.8 Å². The molecule has 0 aliphatic carbocycles. The van der Waals surface area contributed by atoms with E-state index in [0.717, 1.165) is 5.56 Å². The van der Waals surface area contributed by atoms with Crippen molar-refractivity contribution in [2.24, 2.45) is 0 Å². The zero-order valence-corrected chi connectivity index (χ0v) is 8.51. The lowest BCUT2D eigenvalue weighted by molar-refractivity contribution is 0.144. The summed E-state index contributed by atoms with van der Waals surface area (Å²) in [4.78, 5) is 10.9. The summed E-state index contributed by atoms with van der Waals surface area (Å²) in [5, 5.41) is 2.73. The van der Waals surface area contributed by atoms with Gasteiger partial charge in [0, 0.05) is 0 Å². The van der Waals surface area contributed by atoms with E-state index in [1.54, 1.807) is 0 Å². The van der Waals surface area contributed by atoms with Crippen molar-refractivity contribution in [3.05, 3.63) is 42.0 Å². The van der Waals surface area contributed by atoms with E-state index in [9.17, 15) is 4.79 Å². The number of hydrogen-bond acceptors (Lipinski definition) is 2.